The molecule has 0 saturated carbocycles. The summed E-state index contributed by atoms with van der Waals surface area (Å²) in [4.78, 5) is 2.15. The monoisotopic (exact) mass is 411 g/mol. The van der Waals surface area contributed by atoms with Gasteiger partial charge in [-0.2, -0.15) is 0 Å². The summed E-state index contributed by atoms with van der Waals surface area (Å²) < 4.78 is 63.6. The first kappa shape index (κ1) is 18.8. The number of hydrogen-bond donors (Lipinski definition) is 2. The molecule has 2 aliphatic heterocycles. The fourth-order valence-electron chi connectivity index (χ4n) is 3.26. The van der Waals surface area contributed by atoms with E-state index in [4.69, 9.17) is 0 Å². The molecule has 4 rings (SSSR count). The van der Waals surface area contributed by atoms with Crippen LogP contribution in [-0.2, 0) is 10.0 Å². The van der Waals surface area contributed by atoms with Crippen LogP contribution >= 0.6 is 0 Å². The molecule has 1 saturated heterocycles. The molecule has 0 radical (unpaired) electrons. The molecular formula is C18H19F2N3O4S. The van der Waals surface area contributed by atoms with Crippen LogP contribution in [0, 0.1) is 6.92 Å². The highest BCUT2D eigenvalue weighted by molar-refractivity contribution is 7.92. The first-order valence-electron chi connectivity index (χ1n) is 8.73. The highest BCUT2D eigenvalue weighted by Crippen LogP contribution is 2.46. The van der Waals surface area contributed by atoms with E-state index in [1.165, 1.54) is 24.3 Å². The van der Waals surface area contributed by atoms with Gasteiger partial charge < -0.3 is 19.7 Å². The number of para-hydroxylation sites is 1. The third-order valence-electron chi connectivity index (χ3n) is 4.62. The van der Waals surface area contributed by atoms with E-state index in [1.54, 1.807) is 12.1 Å². The highest BCUT2D eigenvalue weighted by atomic mass is 32.2. The van der Waals surface area contributed by atoms with Crippen molar-refractivity contribution in [1.29, 1.82) is 0 Å². The van der Waals surface area contributed by atoms with E-state index >= 15 is 0 Å². The SMILES string of the molecule is Cc1ccc(S(=O)(=O)Nc2cccc3c2OC(F)(F)O3)cc1N1CCNCC1. The zero-order chi connectivity index (χ0) is 19.9. The fourth-order valence-corrected chi connectivity index (χ4v) is 4.34. The lowest BCUT2D eigenvalue weighted by molar-refractivity contribution is -0.286. The third kappa shape index (κ3) is 3.57. The van der Waals surface area contributed by atoms with Crippen LogP contribution in [0.5, 0.6) is 11.5 Å². The van der Waals surface area contributed by atoms with Crippen LogP contribution < -0.4 is 24.4 Å². The van der Waals surface area contributed by atoms with Crippen LogP contribution in [0.15, 0.2) is 41.3 Å². The molecule has 1 fully saturated rings. The Kier molecular flexibility index (Phi) is 4.54. The molecule has 0 aliphatic carbocycles. The largest absolute Gasteiger partial charge is 0.586 e. The van der Waals surface area contributed by atoms with Crippen molar-refractivity contribution in [3.05, 3.63) is 42.0 Å². The maximum absolute atomic E-state index is 13.3. The van der Waals surface area contributed by atoms with Crippen LogP contribution in [-0.4, -0.2) is 40.9 Å². The second kappa shape index (κ2) is 6.78. The van der Waals surface area contributed by atoms with E-state index in [2.05, 4.69) is 24.4 Å². The Morgan fingerprint density at radius 3 is 2.64 bits per heavy atom. The van der Waals surface area contributed by atoms with Crippen LogP contribution in [0.3, 0.4) is 0 Å². The average molecular weight is 411 g/mol. The van der Waals surface area contributed by atoms with Crippen molar-refractivity contribution in [2.75, 3.05) is 35.8 Å². The number of piperazine rings is 1. The molecule has 2 aromatic rings. The topological polar surface area (TPSA) is 79.9 Å². The molecular weight excluding hydrogens is 392 g/mol. The molecule has 0 bridgehead atoms. The lowest BCUT2D eigenvalue weighted by Gasteiger charge is -2.31. The molecule has 150 valence electrons. The first-order valence-corrected chi connectivity index (χ1v) is 10.2. The van der Waals surface area contributed by atoms with Gasteiger partial charge in [0.05, 0.1) is 10.6 Å². The van der Waals surface area contributed by atoms with E-state index in [0.717, 1.165) is 37.4 Å². The van der Waals surface area contributed by atoms with Gasteiger partial charge in [-0.15, -0.1) is 8.78 Å². The number of hydrogen-bond acceptors (Lipinski definition) is 6. The average Bonchev–Trinajstić information content (AvgIpc) is 2.97. The molecule has 7 nitrogen and oxygen atoms in total. The van der Waals surface area contributed by atoms with Gasteiger partial charge >= 0.3 is 6.29 Å². The Labute approximate surface area is 161 Å². The molecule has 2 N–H and O–H groups in total. The third-order valence-corrected chi connectivity index (χ3v) is 5.98. The number of anilines is 2. The molecule has 0 atom stereocenters. The van der Waals surface area contributed by atoms with Gasteiger partial charge in [-0.1, -0.05) is 12.1 Å². The minimum Gasteiger partial charge on any atom is -0.395 e. The first-order chi connectivity index (χ1) is 13.3. The van der Waals surface area contributed by atoms with Crippen LogP contribution in [0.25, 0.3) is 0 Å². The summed E-state index contributed by atoms with van der Waals surface area (Å²) in [7, 11) is -4.02. The zero-order valence-corrected chi connectivity index (χ0v) is 15.9. The second-order valence-corrected chi connectivity index (χ2v) is 8.27. The molecule has 2 heterocycles. The molecule has 0 aromatic heterocycles. The predicted octanol–water partition coefficient (Wildman–Crippen LogP) is 2.53. The highest BCUT2D eigenvalue weighted by Gasteiger charge is 2.45. The lowest BCUT2D eigenvalue weighted by atomic mass is 10.1. The number of nitrogens with one attached hydrogen (secondary N) is 2. The van der Waals surface area contributed by atoms with Crippen molar-refractivity contribution in [2.24, 2.45) is 0 Å². The van der Waals surface area contributed by atoms with Gasteiger partial charge in [-0.3, -0.25) is 4.72 Å². The summed E-state index contributed by atoms with van der Waals surface area (Å²) in [5, 5.41) is 3.25. The Morgan fingerprint density at radius 2 is 1.89 bits per heavy atom. The number of aryl methyl sites for hydroxylation is 1. The Morgan fingerprint density at radius 1 is 1.14 bits per heavy atom. The Balaban J connectivity index is 1.65. The van der Waals surface area contributed by atoms with Gasteiger partial charge in [0, 0.05) is 31.9 Å². The maximum Gasteiger partial charge on any atom is 0.586 e. The number of ether oxygens (including phenoxy) is 2. The van der Waals surface area contributed by atoms with E-state index in [1.807, 2.05) is 6.92 Å². The standard InChI is InChI=1S/C18H19F2N3O4S/c1-12-5-6-13(11-15(12)23-9-7-21-8-10-23)28(24,25)22-14-3-2-4-16-17(14)27-18(19,20)26-16/h2-6,11,21-22H,7-10H2,1H3. The van der Waals surface area contributed by atoms with Crippen molar-refractivity contribution in [1.82, 2.24) is 5.32 Å². The fraction of sp³-hybridized carbons (Fsp3) is 0.333. The molecule has 10 heteroatoms. The van der Waals surface area contributed by atoms with Crippen LogP contribution in [0.1, 0.15) is 5.56 Å². The van der Waals surface area contributed by atoms with Gasteiger partial charge in [-0.25, -0.2) is 8.42 Å². The van der Waals surface area contributed by atoms with E-state index in [0.29, 0.717) is 0 Å². The minimum absolute atomic E-state index is 0.0370. The summed E-state index contributed by atoms with van der Waals surface area (Å²) in [5.41, 5.74) is 1.67. The number of benzene rings is 2. The zero-order valence-electron chi connectivity index (χ0n) is 15.0. The van der Waals surface area contributed by atoms with Crippen LogP contribution in [0.2, 0.25) is 0 Å². The van der Waals surface area contributed by atoms with E-state index < -0.39 is 16.3 Å². The summed E-state index contributed by atoms with van der Waals surface area (Å²) in [6.07, 6.45) is -3.83. The van der Waals surface area contributed by atoms with Crippen molar-refractivity contribution < 1.29 is 26.7 Å². The van der Waals surface area contributed by atoms with Gasteiger partial charge in [-0.05, 0) is 36.8 Å². The van der Waals surface area contributed by atoms with Crippen molar-refractivity contribution in [3.63, 3.8) is 0 Å². The normalized spacial score (nSPS) is 18.2. The number of rotatable bonds is 4. The molecule has 2 aromatic carbocycles. The van der Waals surface area contributed by atoms with Crippen molar-refractivity contribution in [3.8, 4) is 11.5 Å². The molecule has 0 unspecified atom stereocenters. The van der Waals surface area contributed by atoms with Crippen LogP contribution in [0.4, 0.5) is 20.2 Å². The number of sulfonamides is 1. The minimum atomic E-state index is -4.02. The van der Waals surface area contributed by atoms with Gasteiger partial charge in [0.25, 0.3) is 10.0 Å². The molecule has 28 heavy (non-hydrogen) atoms. The van der Waals surface area contributed by atoms with Gasteiger partial charge in [0.2, 0.25) is 0 Å². The van der Waals surface area contributed by atoms with Gasteiger partial charge in [0.1, 0.15) is 0 Å². The smallest absolute Gasteiger partial charge is 0.395 e. The molecule has 0 spiro atoms. The summed E-state index contributed by atoms with van der Waals surface area (Å²) in [5.74, 6) is -0.568. The maximum atomic E-state index is 13.3. The number of nitrogens with zero attached hydrogens (tertiary/aromatic N) is 1. The number of alkyl halides is 2. The van der Waals surface area contributed by atoms with Crippen molar-refractivity contribution >= 4 is 21.4 Å². The summed E-state index contributed by atoms with van der Waals surface area (Å²) in [6.45, 7) is 5.08. The molecule has 2 aliphatic rings. The Bertz CT molecular complexity index is 1010. The van der Waals surface area contributed by atoms with E-state index in [9.17, 15) is 17.2 Å². The number of fused-ring (bicyclic) bond motifs is 1. The van der Waals surface area contributed by atoms with Gasteiger partial charge in [0.15, 0.2) is 11.5 Å². The summed E-state index contributed by atoms with van der Waals surface area (Å²) in [6, 6.07) is 8.84. The Hall–Kier alpha value is -2.59. The molecule has 0 amide bonds. The quantitative estimate of drug-likeness (QED) is 0.805. The van der Waals surface area contributed by atoms with E-state index in [-0.39, 0.29) is 22.1 Å². The lowest BCUT2D eigenvalue weighted by Crippen LogP contribution is -2.43. The summed E-state index contributed by atoms with van der Waals surface area (Å²) >= 11 is 0. The number of halogens is 2. The second-order valence-electron chi connectivity index (χ2n) is 6.59. The van der Waals surface area contributed by atoms with Crippen molar-refractivity contribution in [2.45, 2.75) is 18.1 Å². The predicted molar refractivity (Wildman–Crippen MR) is 99.7 cm³/mol.